The van der Waals surface area contributed by atoms with E-state index >= 15 is 0 Å². The van der Waals surface area contributed by atoms with E-state index in [4.69, 9.17) is 4.98 Å². The minimum Gasteiger partial charge on any atom is -0.309 e. The Morgan fingerprint density at radius 2 is 0.889 bits per heavy atom. The average molecular weight is 687 g/mol. The summed E-state index contributed by atoms with van der Waals surface area (Å²) in [5.41, 5.74) is 16.3. The molecule has 0 fully saturated rings. The molecule has 0 N–H and O–H groups in total. The molecule has 0 radical (unpaired) electrons. The fraction of sp³-hybridized carbons (Fsp3) is 0.0200. The van der Waals surface area contributed by atoms with Crippen LogP contribution < -0.4 is 0 Å². The monoisotopic (exact) mass is 686 g/mol. The highest BCUT2D eigenvalue weighted by molar-refractivity contribution is 6.19. The van der Waals surface area contributed by atoms with Crippen molar-refractivity contribution in [3.05, 3.63) is 205 Å². The fourth-order valence-corrected chi connectivity index (χ4v) is 10.1. The van der Waals surface area contributed by atoms with E-state index in [2.05, 4.69) is 196 Å². The Morgan fingerprint density at radius 1 is 0.352 bits per heavy atom. The maximum atomic E-state index is 5.65. The van der Waals surface area contributed by atoms with Crippen molar-refractivity contribution in [3.8, 4) is 28.2 Å². The predicted octanol–water partition coefficient (Wildman–Crippen LogP) is 11.9. The molecule has 4 heteroatoms. The van der Waals surface area contributed by atoms with Crippen LogP contribution in [-0.2, 0) is 5.41 Å². The smallest absolute Gasteiger partial charge is 0.134 e. The predicted molar refractivity (Wildman–Crippen MR) is 221 cm³/mol. The van der Waals surface area contributed by atoms with Gasteiger partial charge in [-0.25, -0.2) is 4.98 Å². The van der Waals surface area contributed by atoms with Crippen molar-refractivity contribution in [3.63, 3.8) is 0 Å². The highest BCUT2D eigenvalue weighted by Gasteiger charge is 2.54. The summed E-state index contributed by atoms with van der Waals surface area (Å²) in [6.07, 6.45) is 0. The Balaban J connectivity index is 1.10. The van der Waals surface area contributed by atoms with Crippen molar-refractivity contribution in [2.24, 2.45) is 0 Å². The molecule has 1 aliphatic heterocycles. The molecular formula is C50H30N4. The van der Waals surface area contributed by atoms with E-state index in [1.54, 1.807) is 0 Å². The molecule has 54 heavy (non-hydrogen) atoms. The first kappa shape index (κ1) is 28.4. The Kier molecular flexibility index (Phi) is 5.28. The number of aromatic nitrogens is 4. The molecule has 1 aliphatic carbocycles. The van der Waals surface area contributed by atoms with Crippen LogP contribution in [0.15, 0.2) is 182 Å². The van der Waals surface area contributed by atoms with E-state index in [-0.39, 0.29) is 0 Å². The van der Waals surface area contributed by atoms with Gasteiger partial charge in [0, 0.05) is 32.9 Å². The largest absolute Gasteiger partial charge is 0.309 e. The lowest BCUT2D eigenvalue weighted by Crippen LogP contribution is -2.27. The van der Waals surface area contributed by atoms with Crippen molar-refractivity contribution in [2.45, 2.75) is 5.41 Å². The van der Waals surface area contributed by atoms with E-state index in [9.17, 15) is 0 Å². The molecular weight excluding hydrogens is 657 g/mol. The molecule has 13 rings (SSSR count). The molecule has 250 valence electrons. The number of benzene rings is 8. The van der Waals surface area contributed by atoms with Crippen LogP contribution in [0.4, 0.5) is 0 Å². The summed E-state index contributed by atoms with van der Waals surface area (Å²) in [6, 6.07) is 66.7. The molecule has 1 spiro atoms. The third-order valence-corrected chi connectivity index (χ3v) is 12.2. The second-order valence-corrected chi connectivity index (χ2v) is 14.7. The van der Waals surface area contributed by atoms with Gasteiger partial charge in [0.1, 0.15) is 11.2 Å². The molecule has 0 unspecified atom stereocenters. The maximum absolute atomic E-state index is 5.65. The van der Waals surface area contributed by atoms with Gasteiger partial charge in [0.15, 0.2) is 0 Å². The van der Waals surface area contributed by atoms with Gasteiger partial charge in [0.2, 0.25) is 0 Å². The third-order valence-electron chi connectivity index (χ3n) is 12.2. The lowest BCUT2D eigenvalue weighted by Gasteiger charge is -2.27. The topological polar surface area (TPSA) is 27.7 Å². The summed E-state index contributed by atoms with van der Waals surface area (Å²) in [7, 11) is 0. The van der Waals surface area contributed by atoms with Gasteiger partial charge in [-0.05, 0) is 88.5 Å². The Bertz CT molecular complexity index is 3350. The van der Waals surface area contributed by atoms with E-state index in [1.165, 1.54) is 77.1 Å². The van der Waals surface area contributed by atoms with Gasteiger partial charge in [-0.15, -0.1) is 0 Å². The van der Waals surface area contributed by atoms with E-state index in [1.807, 2.05) is 0 Å². The van der Waals surface area contributed by atoms with E-state index in [0.717, 1.165) is 28.2 Å². The first-order chi connectivity index (χ1) is 26.8. The van der Waals surface area contributed by atoms with Crippen molar-refractivity contribution >= 4 is 54.6 Å². The first-order valence-corrected chi connectivity index (χ1v) is 18.6. The third kappa shape index (κ3) is 3.33. The zero-order valence-electron chi connectivity index (χ0n) is 29.1. The molecule has 4 nitrogen and oxygen atoms in total. The van der Waals surface area contributed by atoms with Crippen LogP contribution in [0.5, 0.6) is 0 Å². The van der Waals surface area contributed by atoms with Crippen LogP contribution >= 0.6 is 0 Å². The molecule has 8 aromatic carbocycles. The van der Waals surface area contributed by atoms with Crippen LogP contribution in [0, 0.1) is 0 Å². The number of nitrogens with zero attached hydrogens (tertiary/aromatic N) is 4. The van der Waals surface area contributed by atoms with Crippen LogP contribution in [0.25, 0.3) is 82.8 Å². The van der Waals surface area contributed by atoms with Gasteiger partial charge in [0.25, 0.3) is 0 Å². The molecule has 0 bridgehead atoms. The van der Waals surface area contributed by atoms with Crippen LogP contribution in [0.3, 0.4) is 0 Å². The van der Waals surface area contributed by atoms with Crippen LogP contribution in [0.2, 0.25) is 0 Å². The molecule has 0 saturated carbocycles. The lowest BCUT2D eigenvalue weighted by molar-refractivity contribution is 0.738. The molecule has 11 aromatic rings. The van der Waals surface area contributed by atoms with Crippen LogP contribution in [0.1, 0.15) is 22.5 Å². The molecule has 0 atom stereocenters. The van der Waals surface area contributed by atoms with Gasteiger partial charge < -0.3 is 9.13 Å². The Morgan fingerprint density at radius 3 is 1.56 bits per heavy atom. The van der Waals surface area contributed by atoms with E-state index in [0.29, 0.717) is 0 Å². The quantitative estimate of drug-likeness (QED) is 0.178. The molecule has 3 aromatic heterocycles. The summed E-state index contributed by atoms with van der Waals surface area (Å²) in [5, 5.41) is 4.96. The lowest BCUT2D eigenvalue weighted by atomic mass is 9.73. The van der Waals surface area contributed by atoms with Crippen LogP contribution in [-0.4, -0.2) is 18.7 Å². The second-order valence-electron chi connectivity index (χ2n) is 14.7. The Labute approximate surface area is 310 Å². The van der Waals surface area contributed by atoms with Gasteiger partial charge in [0.05, 0.1) is 38.8 Å². The van der Waals surface area contributed by atoms with Crippen molar-refractivity contribution in [2.75, 3.05) is 0 Å². The fourth-order valence-electron chi connectivity index (χ4n) is 10.1. The van der Waals surface area contributed by atoms with Gasteiger partial charge in [-0.2, -0.15) is 0 Å². The number of para-hydroxylation sites is 4. The minimum atomic E-state index is -0.492. The maximum Gasteiger partial charge on any atom is 0.134 e. The number of hydrogen-bond acceptors (Lipinski definition) is 1. The van der Waals surface area contributed by atoms with Gasteiger partial charge >= 0.3 is 0 Å². The van der Waals surface area contributed by atoms with Gasteiger partial charge in [-0.1, -0.05) is 121 Å². The SMILES string of the molecule is c1ccc(-n2c3ccccc3c3cc4c(cc32)c2ccccc2n4-c2ccc3c(c2)nc2n3-c3ccccc3C23c2ccccc2-c2ccccc23)cc1. The standard InChI is InChI=1S/C50H30N4/c1-2-14-31(15-3-1)52-43-23-11-6-18-35(43)37-30-48-38(29-47(37)52)36-19-7-12-24-44(36)53(48)32-26-27-46-42(28-32)51-49-50(41-22-10-13-25-45(41)54(46)49)39-20-8-4-16-33(39)34-17-5-9-21-40(34)50/h1-30H. The zero-order chi connectivity index (χ0) is 35.1. The van der Waals surface area contributed by atoms with E-state index < -0.39 is 5.41 Å². The number of rotatable bonds is 2. The number of fused-ring (bicyclic) bond motifs is 18. The Hall–Kier alpha value is -7.17. The normalized spacial score (nSPS) is 13.7. The molecule has 4 heterocycles. The molecule has 0 amide bonds. The van der Waals surface area contributed by atoms with Crippen molar-refractivity contribution in [1.29, 1.82) is 0 Å². The van der Waals surface area contributed by atoms with Gasteiger partial charge in [-0.3, -0.25) is 4.57 Å². The summed E-state index contributed by atoms with van der Waals surface area (Å²) >= 11 is 0. The number of hydrogen-bond donors (Lipinski definition) is 0. The minimum absolute atomic E-state index is 0.492. The molecule has 0 saturated heterocycles. The summed E-state index contributed by atoms with van der Waals surface area (Å²) < 4.78 is 7.26. The number of imidazole rings is 1. The summed E-state index contributed by atoms with van der Waals surface area (Å²) in [5.74, 6) is 1.06. The summed E-state index contributed by atoms with van der Waals surface area (Å²) in [4.78, 5) is 5.65. The van der Waals surface area contributed by atoms with Crippen molar-refractivity contribution in [1.82, 2.24) is 18.7 Å². The van der Waals surface area contributed by atoms with Crippen molar-refractivity contribution < 1.29 is 0 Å². The molecule has 2 aliphatic rings. The second kappa shape index (κ2) is 10.0. The average Bonchev–Trinajstić information content (AvgIpc) is 4.00. The first-order valence-electron chi connectivity index (χ1n) is 18.6. The highest BCUT2D eigenvalue weighted by atomic mass is 15.1. The highest BCUT2D eigenvalue weighted by Crippen LogP contribution is 2.60. The zero-order valence-corrected chi connectivity index (χ0v) is 29.1. The summed E-state index contributed by atoms with van der Waals surface area (Å²) in [6.45, 7) is 0.